The summed E-state index contributed by atoms with van der Waals surface area (Å²) in [6.07, 6.45) is 0. The van der Waals surface area contributed by atoms with Crippen LogP contribution in [0, 0.1) is 6.92 Å². The number of halogens is 2. The highest BCUT2D eigenvalue weighted by atomic mass is 79.9. The molecule has 1 heterocycles. The third-order valence-corrected chi connectivity index (χ3v) is 3.31. The van der Waals surface area contributed by atoms with E-state index in [1.807, 2.05) is 38.1 Å². The van der Waals surface area contributed by atoms with Crippen LogP contribution < -0.4 is 10.6 Å². The molecular formula is C13H14BrClN4. The van der Waals surface area contributed by atoms with Crippen molar-refractivity contribution >= 4 is 45.0 Å². The van der Waals surface area contributed by atoms with Crippen LogP contribution in [-0.2, 0) is 0 Å². The van der Waals surface area contributed by atoms with Gasteiger partial charge in [-0.15, -0.1) is 0 Å². The van der Waals surface area contributed by atoms with Crippen LogP contribution in [0.4, 0.5) is 17.5 Å². The summed E-state index contributed by atoms with van der Waals surface area (Å²) in [6.45, 7) is 4.72. The van der Waals surface area contributed by atoms with Gasteiger partial charge in [-0.1, -0.05) is 11.6 Å². The molecule has 1 aromatic heterocycles. The molecule has 2 N–H and O–H groups in total. The van der Waals surface area contributed by atoms with Crippen molar-refractivity contribution in [2.24, 2.45) is 0 Å². The largest absolute Gasteiger partial charge is 0.354 e. The Bertz CT molecular complexity index is 589. The van der Waals surface area contributed by atoms with Crippen molar-refractivity contribution in [3.05, 3.63) is 39.5 Å². The van der Waals surface area contributed by atoms with E-state index in [0.717, 1.165) is 28.2 Å². The fourth-order valence-electron chi connectivity index (χ4n) is 1.60. The summed E-state index contributed by atoms with van der Waals surface area (Å²) in [5, 5.41) is 7.00. The smallest absolute Gasteiger partial charge is 0.224 e. The maximum Gasteiger partial charge on any atom is 0.224 e. The molecule has 4 nitrogen and oxygen atoms in total. The van der Waals surface area contributed by atoms with E-state index in [4.69, 9.17) is 11.6 Å². The molecule has 0 saturated heterocycles. The molecular weight excluding hydrogens is 328 g/mol. The average Bonchev–Trinajstić information content (AvgIpc) is 2.33. The first-order chi connectivity index (χ1) is 9.08. The van der Waals surface area contributed by atoms with Crippen molar-refractivity contribution in [3.8, 4) is 0 Å². The van der Waals surface area contributed by atoms with E-state index < -0.39 is 0 Å². The van der Waals surface area contributed by atoms with Gasteiger partial charge in [0.05, 0.1) is 5.69 Å². The second-order valence-corrected chi connectivity index (χ2v) is 5.29. The van der Waals surface area contributed by atoms with Gasteiger partial charge in [-0.25, -0.2) is 4.98 Å². The highest BCUT2D eigenvalue weighted by Crippen LogP contribution is 2.28. The maximum absolute atomic E-state index is 5.99. The van der Waals surface area contributed by atoms with E-state index in [0.29, 0.717) is 11.0 Å². The molecule has 2 aromatic rings. The lowest BCUT2D eigenvalue weighted by atomic mass is 10.3. The Morgan fingerprint density at radius 2 is 2.05 bits per heavy atom. The number of benzene rings is 1. The molecule has 0 bridgehead atoms. The summed E-state index contributed by atoms with van der Waals surface area (Å²) < 4.78 is 0.929. The number of nitrogens with one attached hydrogen (secondary N) is 2. The summed E-state index contributed by atoms with van der Waals surface area (Å²) >= 11 is 9.46. The predicted molar refractivity (Wildman–Crippen MR) is 83.4 cm³/mol. The molecule has 0 radical (unpaired) electrons. The van der Waals surface area contributed by atoms with E-state index >= 15 is 0 Å². The van der Waals surface area contributed by atoms with Crippen LogP contribution in [0.2, 0.25) is 5.02 Å². The van der Waals surface area contributed by atoms with Crippen molar-refractivity contribution in [3.63, 3.8) is 0 Å². The lowest BCUT2D eigenvalue weighted by Crippen LogP contribution is -2.05. The first-order valence-electron chi connectivity index (χ1n) is 5.90. The molecule has 0 saturated carbocycles. The van der Waals surface area contributed by atoms with Gasteiger partial charge in [0.25, 0.3) is 0 Å². The summed E-state index contributed by atoms with van der Waals surface area (Å²) in [6, 6.07) is 7.44. The molecule has 6 heteroatoms. The molecule has 2 rings (SSSR count). The van der Waals surface area contributed by atoms with Gasteiger partial charge >= 0.3 is 0 Å². The van der Waals surface area contributed by atoms with Gasteiger partial charge in [0.1, 0.15) is 5.82 Å². The van der Waals surface area contributed by atoms with Gasteiger partial charge in [0, 0.05) is 27.8 Å². The van der Waals surface area contributed by atoms with Crippen LogP contribution in [-0.4, -0.2) is 16.5 Å². The third-order valence-electron chi connectivity index (χ3n) is 2.38. The Balaban J connectivity index is 2.29. The van der Waals surface area contributed by atoms with E-state index in [2.05, 4.69) is 36.5 Å². The molecule has 0 aliphatic rings. The summed E-state index contributed by atoms with van der Waals surface area (Å²) in [4.78, 5) is 8.70. The minimum Gasteiger partial charge on any atom is -0.354 e. The van der Waals surface area contributed by atoms with Crippen LogP contribution in [0.3, 0.4) is 0 Å². The van der Waals surface area contributed by atoms with Crippen LogP contribution in [0.15, 0.2) is 28.7 Å². The summed E-state index contributed by atoms with van der Waals surface area (Å²) in [5.74, 6) is 1.34. The van der Waals surface area contributed by atoms with Crippen LogP contribution in [0.25, 0.3) is 0 Å². The minimum atomic E-state index is 0.614. The zero-order valence-electron chi connectivity index (χ0n) is 10.7. The molecule has 0 amide bonds. The molecule has 100 valence electrons. The Morgan fingerprint density at radius 3 is 2.79 bits per heavy atom. The molecule has 0 fully saturated rings. The third kappa shape index (κ3) is 3.81. The topological polar surface area (TPSA) is 49.8 Å². The second kappa shape index (κ2) is 6.21. The summed E-state index contributed by atoms with van der Waals surface area (Å²) in [5.41, 5.74) is 1.76. The Kier molecular flexibility index (Phi) is 4.61. The monoisotopic (exact) mass is 340 g/mol. The van der Waals surface area contributed by atoms with Crippen LogP contribution in [0.1, 0.15) is 12.6 Å². The number of anilines is 3. The quantitative estimate of drug-likeness (QED) is 0.866. The van der Waals surface area contributed by atoms with Crippen LogP contribution in [0.5, 0.6) is 0 Å². The molecule has 0 aliphatic heterocycles. The Labute approximate surface area is 125 Å². The number of aryl methyl sites for hydroxylation is 1. The van der Waals surface area contributed by atoms with Gasteiger partial charge in [0.15, 0.2) is 0 Å². The zero-order valence-corrected chi connectivity index (χ0v) is 13.0. The lowest BCUT2D eigenvalue weighted by Gasteiger charge is -2.10. The Morgan fingerprint density at radius 1 is 1.26 bits per heavy atom. The number of hydrogen-bond acceptors (Lipinski definition) is 4. The lowest BCUT2D eigenvalue weighted by molar-refractivity contribution is 1.05. The van der Waals surface area contributed by atoms with Gasteiger partial charge in [0.2, 0.25) is 5.95 Å². The molecule has 0 unspecified atom stereocenters. The van der Waals surface area contributed by atoms with Crippen LogP contribution >= 0.6 is 27.5 Å². The number of hydrogen-bond donors (Lipinski definition) is 2. The van der Waals surface area contributed by atoms with Gasteiger partial charge < -0.3 is 10.6 Å². The zero-order chi connectivity index (χ0) is 13.8. The second-order valence-electron chi connectivity index (χ2n) is 4.00. The number of aromatic nitrogens is 2. The van der Waals surface area contributed by atoms with Gasteiger partial charge in [-0.2, -0.15) is 4.98 Å². The highest BCUT2D eigenvalue weighted by molar-refractivity contribution is 9.10. The number of rotatable bonds is 4. The first kappa shape index (κ1) is 14.1. The molecule has 19 heavy (non-hydrogen) atoms. The van der Waals surface area contributed by atoms with Crippen molar-refractivity contribution in [2.45, 2.75) is 13.8 Å². The van der Waals surface area contributed by atoms with E-state index in [-0.39, 0.29) is 0 Å². The van der Waals surface area contributed by atoms with E-state index in [1.54, 1.807) is 0 Å². The first-order valence-corrected chi connectivity index (χ1v) is 7.07. The minimum absolute atomic E-state index is 0.614. The van der Waals surface area contributed by atoms with E-state index in [1.165, 1.54) is 0 Å². The molecule has 0 spiro atoms. The van der Waals surface area contributed by atoms with E-state index in [9.17, 15) is 0 Å². The average molecular weight is 342 g/mol. The van der Waals surface area contributed by atoms with Gasteiger partial charge in [-0.3, -0.25) is 0 Å². The van der Waals surface area contributed by atoms with Crippen molar-refractivity contribution < 1.29 is 0 Å². The standard InChI is InChI=1S/C13H14BrClN4/c1-3-16-13-17-8(2)6-12(19-13)18-11-7-9(15)4-5-10(11)14/h4-7H,3H2,1-2H3,(H2,16,17,18,19). The van der Waals surface area contributed by atoms with Crippen molar-refractivity contribution in [1.82, 2.24) is 9.97 Å². The van der Waals surface area contributed by atoms with Gasteiger partial charge in [-0.05, 0) is 48.0 Å². The molecule has 0 aliphatic carbocycles. The SMILES string of the molecule is CCNc1nc(C)cc(Nc2cc(Cl)ccc2Br)n1. The summed E-state index contributed by atoms with van der Waals surface area (Å²) in [7, 11) is 0. The number of nitrogens with zero attached hydrogens (tertiary/aromatic N) is 2. The normalized spacial score (nSPS) is 10.3. The predicted octanol–water partition coefficient (Wildman–Crippen LogP) is 4.38. The Hall–Kier alpha value is -1.33. The highest BCUT2D eigenvalue weighted by Gasteiger charge is 2.05. The van der Waals surface area contributed by atoms with Crippen molar-refractivity contribution in [1.29, 1.82) is 0 Å². The fourth-order valence-corrected chi connectivity index (χ4v) is 2.12. The molecule has 1 aromatic carbocycles. The molecule has 0 atom stereocenters. The fraction of sp³-hybridized carbons (Fsp3) is 0.231. The maximum atomic E-state index is 5.99. The van der Waals surface area contributed by atoms with Crippen molar-refractivity contribution in [2.75, 3.05) is 17.2 Å².